The molecule has 0 amide bonds. The molecule has 0 bridgehead atoms. The van der Waals surface area contributed by atoms with Crippen LogP contribution in [0.15, 0.2) is 388 Å². The smallest absolute Gasteiger partial charge is 0.252 e. The van der Waals surface area contributed by atoms with Crippen molar-refractivity contribution in [3.63, 3.8) is 0 Å². The average Bonchev–Trinajstić information content (AvgIpc) is 1.67. The molecule has 0 radical (unpaired) electrons. The van der Waals surface area contributed by atoms with Gasteiger partial charge >= 0.3 is 0 Å². The van der Waals surface area contributed by atoms with Crippen LogP contribution in [0.4, 0.5) is 51.2 Å². The molecule has 23 rings (SSSR count). The lowest BCUT2D eigenvalue weighted by atomic mass is 9.33. The topological polar surface area (TPSA) is 24.5 Å². The van der Waals surface area contributed by atoms with Gasteiger partial charge in [0.05, 0.1) is 55.4 Å². The molecule has 143 heavy (non-hydrogen) atoms. The number of anilines is 9. The molecule has 2 aliphatic heterocycles. The zero-order valence-corrected chi connectivity index (χ0v) is 86.1. The van der Waals surface area contributed by atoms with Gasteiger partial charge < -0.3 is 28.4 Å². The summed E-state index contributed by atoms with van der Waals surface area (Å²) in [7, 11) is 0. The summed E-state index contributed by atoms with van der Waals surface area (Å²) in [5, 5.41) is 5.10. The second-order valence-electron chi connectivity index (χ2n) is 46.9. The zero-order chi connectivity index (χ0) is 106. The monoisotopic (exact) mass is 1860 g/mol. The lowest BCUT2D eigenvalue weighted by Crippen LogP contribution is -2.61. The van der Waals surface area contributed by atoms with Crippen molar-refractivity contribution in [2.24, 2.45) is 0 Å². The van der Waals surface area contributed by atoms with Gasteiger partial charge in [0.15, 0.2) is 0 Å². The normalized spacial score (nSPS) is 14.0. The molecule has 704 valence electrons. The summed E-state index contributed by atoms with van der Waals surface area (Å²) >= 11 is 0. The first kappa shape index (κ1) is 82.5. The van der Waals surface area contributed by atoms with E-state index in [-0.39, 0.29) is 72.9 Å². The summed E-state index contributed by atoms with van der Waals surface area (Å²) in [4.78, 5) is 6.87. The standard InChI is InChI=1S/C136H127BN6/c1-130(2,3)94-53-62-118-110(75-94)111-76-95(131(4,5)6)54-63-119(111)139(118)104-59-67-123-115(82-104)114-81-103(138(101-48-36-26-37-49-101)102-50-38-27-39-51-102)58-66-122(114)141(123)107-84-126-128-127(85-107)143(129-108(88-44-32-24-33-45-88)79-100(136(19,20)21)80-109(129)89-46-34-25-35-47-89)125-83-105(140-120-64-55-96(132(7,8)9)77-112(120)113-78-97(133(10,11)12)56-65-121(113)140)57-61-117(125)137(128)116-60-52-90(93-69-98(134(13,14)15)74-99(70-93)135(16,17)18)73-124(116)142(126)106-71-91(86-40-28-22-29-41-86)68-92(72-106)87-42-30-23-31-43-87/h22-85H,1-21H3/i26D,36D,37D,48D,49D,59D,67D,82D. The molecule has 6 nitrogen and oxygen atoms in total. The van der Waals surface area contributed by atoms with Crippen molar-refractivity contribution in [2.45, 2.75) is 183 Å². The number of hydrogen-bond donors (Lipinski definition) is 0. The lowest BCUT2D eigenvalue weighted by molar-refractivity contribution is 0.569. The van der Waals surface area contributed by atoms with Crippen LogP contribution in [0.2, 0.25) is 0 Å². The van der Waals surface area contributed by atoms with E-state index in [4.69, 9.17) is 1.37 Å². The highest BCUT2D eigenvalue weighted by atomic mass is 15.2. The van der Waals surface area contributed by atoms with E-state index >= 15 is 0 Å². The Morgan fingerprint density at radius 3 is 1.06 bits per heavy atom. The maximum atomic E-state index is 11.8. The Morgan fingerprint density at radius 2 is 0.601 bits per heavy atom. The quantitative estimate of drug-likeness (QED) is 0.108. The molecular formula is C136H127BN6. The predicted octanol–water partition coefficient (Wildman–Crippen LogP) is 35.9. The minimum Gasteiger partial charge on any atom is -0.311 e. The van der Waals surface area contributed by atoms with Crippen molar-refractivity contribution in [1.29, 1.82) is 0 Å². The van der Waals surface area contributed by atoms with Crippen LogP contribution in [-0.4, -0.2) is 20.4 Å². The van der Waals surface area contributed by atoms with Crippen molar-refractivity contribution in [3.05, 3.63) is 427 Å². The summed E-state index contributed by atoms with van der Waals surface area (Å²) in [5.74, 6) is 0. The fourth-order valence-electron chi connectivity index (χ4n) is 22.0. The molecular weight excluding hydrogens is 1730 g/mol. The Hall–Kier alpha value is -15.2. The second-order valence-corrected chi connectivity index (χ2v) is 46.9. The maximum Gasteiger partial charge on any atom is 0.252 e. The molecule has 7 heteroatoms. The number of para-hydroxylation sites is 2. The minimum absolute atomic E-state index is 0.0142. The number of nitrogens with zero attached hydrogens (tertiary/aromatic N) is 6. The number of aromatic nitrogens is 3. The van der Waals surface area contributed by atoms with Gasteiger partial charge in [-0.1, -0.05) is 364 Å². The van der Waals surface area contributed by atoms with E-state index in [0.29, 0.717) is 33.4 Å². The van der Waals surface area contributed by atoms with Gasteiger partial charge in [0.25, 0.3) is 6.71 Å². The number of rotatable bonds is 13. The minimum atomic E-state index is -0.530. The van der Waals surface area contributed by atoms with E-state index in [1.807, 2.05) is 48.5 Å². The Labute approximate surface area is 856 Å². The van der Waals surface area contributed by atoms with E-state index in [9.17, 15) is 9.60 Å². The van der Waals surface area contributed by atoms with Crippen LogP contribution < -0.4 is 31.1 Å². The molecule has 18 aromatic carbocycles. The van der Waals surface area contributed by atoms with Crippen molar-refractivity contribution in [1.82, 2.24) is 13.7 Å². The Kier molecular flexibility index (Phi) is 19.5. The van der Waals surface area contributed by atoms with E-state index in [1.54, 1.807) is 4.90 Å². The number of fused-ring (bicyclic) bond motifs is 13. The fourth-order valence-corrected chi connectivity index (χ4v) is 22.0. The summed E-state index contributed by atoms with van der Waals surface area (Å²) in [6, 6.07) is 122. The van der Waals surface area contributed by atoms with Crippen LogP contribution in [0.3, 0.4) is 0 Å². The largest absolute Gasteiger partial charge is 0.311 e. The van der Waals surface area contributed by atoms with Crippen LogP contribution >= 0.6 is 0 Å². The highest BCUT2D eigenvalue weighted by Crippen LogP contribution is 2.56. The van der Waals surface area contributed by atoms with Crippen molar-refractivity contribution in [3.8, 4) is 72.7 Å². The summed E-state index contributed by atoms with van der Waals surface area (Å²) in [6.45, 7) is 47.4. The van der Waals surface area contributed by atoms with E-state index in [1.165, 1.54) is 22.3 Å². The van der Waals surface area contributed by atoms with Gasteiger partial charge in [0.1, 0.15) is 0 Å². The number of hydrogen-bond acceptors (Lipinski definition) is 3. The van der Waals surface area contributed by atoms with Crippen molar-refractivity contribution in [2.75, 3.05) is 14.7 Å². The van der Waals surface area contributed by atoms with E-state index < -0.39 is 36.9 Å². The first-order valence-corrected chi connectivity index (χ1v) is 50.6. The van der Waals surface area contributed by atoms with Gasteiger partial charge in [0.2, 0.25) is 0 Å². The summed E-state index contributed by atoms with van der Waals surface area (Å²) in [6.07, 6.45) is 0. The molecule has 2 aliphatic rings. The van der Waals surface area contributed by atoms with Crippen LogP contribution in [0.1, 0.15) is 195 Å². The molecule has 0 N–H and O–H groups in total. The molecule has 21 aromatic rings. The molecule has 5 heterocycles. The van der Waals surface area contributed by atoms with Crippen LogP contribution in [0.5, 0.6) is 0 Å². The molecule has 0 saturated carbocycles. The third kappa shape index (κ3) is 16.1. The van der Waals surface area contributed by atoms with Gasteiger partial charge in [-0.15, -0.1) is 0 Å². The average molecular weight is 1860 g/mol. The van der Waals surface area contributed by atoms with E-state index in [2.05, 4.69) is 460 Å². The highest BCUT2D eigenvalue weighted by molar-refractivity contribution is 7.00. The molecule has 0 aliphatic carbocycles. The SMILES string of the molecule is [2H]c1c([2H])c([2H])c(N(c2ccccc2)c2ccc3c(c2)c2c([2H])c(-n4c5ccc(C(C)(C)C)cc5c5cc(C(C)(C)C)ccc54)c([2H])c([2H])c2n3-c2cc3c4c(c2)N(c2c(-c5ccccc5)cc(C(C)(C)C)cc2-c2ccccc2)c2cc(-n5c6ccc(C(C)(C)C)cc6c6cc(C(C)(C)C)ccc65)ccc2B4c2ccc(-c4cc(C(C)(C)C)cc(C(C)(C)C)c4)cc2N3c2cc(-c3ccccc3)cc(-c3ccccc3)c2)c([2H])c1[2H]. The lowest BCUT2D eigenvalue weighted by Gasteiger charge is -2.45. The molecule has 0 unspecified atom stereocenters. The molecule has 0 spiro atoms. The Morgan fingerprint density at radius 1 is 0.224 bits per heavy atom. The van der Waals surface area contributed by atoms with Gasteiger partial charge in [-0.2, -0.15) is 0 Å². The van der Waals surface area contributed by atoms with Gasteiger partial charge in [-0.25, -0.2) is 0 Å². The third-order valence-electron chi connectivity index (χ3n) is 30.0. The first-order valence-electron chi connectivity index (χ1n) is 54.6. The van der Waals surface area contributed by atoms with Crippen molar-refractivity contribution < 1.29 is 11.0 Å². The van der Waals surface area contributed by atoms with Crippen molar-refractivity contribution >= 4 is 140 Å². The third-order valence-corrected chi connectivity index (χ3v) is 30.0. The number of benzene rings is 18. The van der Waals surface area contributed by atoms with Crippen LogP contribution in [0, 0.1) is 0 Å². The van der Waals surface area contributed by atoms with Crippen LogP contribution in [0.25, 0.3) is 138 Å². The Balaban J connectivity index is 0.937. The Bertz CT molecular complexity index is 8870. The van der Waals surface area contributed by atoms with Gasteiger partial charge in [0, 0.05) is 100 Å². The molecule has 0 fully saturated rings. The van der Waals surface area contributed by atoms with Crippen LogP contribution in [-0.2, 0) is 37.9 Å². The van der Waals surface area contributed by atoms with Gasteiger partial charge in [-0.05, 0) is 307 Å². The maximum absolute atomic E-state index is 11.8. The first-order chi connectivity index (χ1) is 71.7. The molecule has 0 atom stereocenters. The molecule has 0 saturated heterocycles. The fraction of sp³-hybridized carbons (Fsp3) is 0.206. The van der Waals surface area contributed by atoms with Gasteiger partial charge in [-0.3, -0.25) is 0 Å². The predicted molar refractivity (Wildman–Crippen MR) is 616 cm³/mol. The summed E-state index contributed by atoms with van der Waals surface area (Å²) in [5.41, 5.74) is 32.5. The summed E-state index contributed by atoms with van der Waals surface area (Å²) < 4.78 is 89.2. The zero-order valence-electron chi connectivity index (χ0n) is 94.1. The second kappa shape index (κ2) is 33.8. The highest BCUT2D eigenvalue weighted by Gasteiger charge is 2.47. The molecule has 3 aromatic heterocycles. The van der Waals surface area contributed by atoms with E-state index in [0.717, 1.165) is 172 Å².